The Morgan fingerprint density at radius 2 is 1.97 bits per heavy atom. The van der Waals surface area contributed by atoms with Crippen LogP contribution < -0.4 is 21.9 Å². The average molecular weight is 447 g/mol. The number of fused-ring (bicyclic) bond motifs is 1. The quantitative estimate of drug-likeness (QED) is 0.656. The van der Waals surface area contributed by atoms with E-state index in [1.165, 1.54) is 29.8 Å². The molecule has 164 valence electrons. The summed E-state index contributed by atoms with van der Waals surface area (Å²) in [4.78, 5) is 27.6. The number of rotatable bonds is 3. The number of nitriles is 1. The Morgan fingerprint density at radius 3 is 2.65 bits per heavy atom. The van der Waals surface area contributed by atoms with E-state index in [1.807, 2.05) is 6.07 Å². The standard InChI is InChI=1S/C21H23FN6O2.ClH/c1-25-17-9-18(27-7-3-4-16(24)12-27)28(19(17)20(29)26(2)21(25)30)11-14-8-15(22)6-5-13(14)10-23;/h5-6,8-9,16H,3-4,7,11-12,24H2,1-2H3;1H/t16-;/m1./s1. The van der Waals surface area contributed by atoms with E-state index in [9.17, 15) is 19.2 Å². The van der Waals surface area contributed by atoms with Crippen molar-refractivity contribution >= 4 is 29.3 Å². The molecule has 1 aliphatic heterocycles. The molecule has 1 aromatic carbocycles. The number of aryl methyl sites for hydroxylation is 1. The van der Waals surface area contributed by atoms with Gasteiger partial charge in [0.15, 0.2) is 0 Å². The Balaban J connectivity index is 0.00000272. The number of hydrogen-bond acceptors (Lipinski definition) is 5. The van der Waals surface area contributed by atoms with Gasteiger partial charge in [0.2, 0.25) is 0 Å². The van der Waals surface area contributed by atoms with Crippen LogP contribution in [0.1, 0.15) is 24.0 Å². The van der Waals surface area contributed by atoms with Gasteiger partial charge in [-0.15, -0.1) is 12.4 Å². The van der Waals surface area contributed by atoms with Crippen molar-refractivity contribution in [3.63, 3.8) is 0 Å². The first-order valence-electron chi connectivity index (χ1n) is 9.80. The summed E-state index contributed by atoms with van der Waals surface area (Å²) in [5.74, 6) is 0.272. The molecule has 1 atom stereocenters. The second-order valence-corrected chi connectivity index (χ2v) is 7.79. The van der Waals surface area contributed by atoms with E-state index in [-0.39, 0.29) is 25.0 Å². The smallest absolute Gasteiger partial charge is 0.331 e. The minimum atomic E-state index is -0.456. The molecule has 0 unspecified atom stereocenters. The van der Waals surface area contributed by atoms with Crippen molar-refractivity contribution < 1.29 is 4.39 Å². The largest absolute Gasteiger partial charge is 0.356 e. The molecular formula is C21H24ClFN6O2. The third-order valence-corrected chi connectivity index (χ3v) is 5.80. The first kappa shape index (κ1) is 22.6. The highest BCUT2D eigenvalue weighted by Crippen LogP contribution is 2.28. The lowest BCUT2D eigenvalue weighted by atomic mass is 10.1. The molecule has 2 N–H and O–H groups in total. The summed E-state index contributed by atoms with van der Waals surface area (Å²) in [6.45, 7) is 1.49. The first-order chi connectivity index (χ1) is 14.3. The van der Waals surface area contributed by atoms with Crippen LogP contribution >= 0.6 is 12.4 Å². The maximum Gasteiger partial charge on any atom is 0.331 e. The highest BCUT2D eigenvalue weighted by molar-refractivity contribution is 5.85. The van der Waals surface area contributed by atoms with Gasteiger partial charge < -0.3 is 15.2 Å². The lowest BCUT2D eigenvalue weighted by molar-refractivity contribution is 0.498. The monoisotopic (exact) mass is 446 g/mol. The van der Waals surface area contributed by atoms with Crippen molar-refractivity contribution in [2.45, 2.75) is 25.4 Å². The van der Waals surface area contributed by atoms with Crippen molar-refractivity contribution in [1.29, 1.82) is 5.26 Å². The van der Waals surface area contributed by atoms with Crippen LogP contribution in [0.25, 0.3) is 11.0 Å². The molecule has 3 aromatic rings. The summed E-state index contributed by atoms with van der Waals surface area (Å²) in [6.07, 6.45) is 1.82. The molecule has 0 spiro atoms. The SMILES string of the molecule is Cl.Cn1c(=O)c2c(cc(N3CCC[C@@H](N)C3)n2Cc2cc(F)ccc2C#N)n(C)c1=O. The summed E-state index contributed by atoms with van der Waals surface area (Å²) in [6, 6.07) is 7.87. The highest BCUT2D eigenvalue weighted by atomic mass is 35.5. The number of anilines is 1. The van der Waals surface area contributed by atoms with Crippen molar-refractivity contribution in [1.82, 2.24) is 13.7 Å². The van der Waals surface area contributed by atoms with Crippen LogP contribution in [0.4, 0.5) is 10.2 Å². The molecule has 0 aliphatic carbocycles. The zero-order valence-electron chi connectivity index (χ0n) is 17.3. The van der Waals surface area contributed by atoms with Crippen LogP contribution in [0, 0.1) is 17.1 Å². The number of aromatic nitrogens is 3. The first-order valence-corrected chi connectivity index (χ1v) is 9.80. The van der Waals surface area contributed by atoms with Gasteiger partial charge in [-0.2, -0.15) is 5.26 Å². The number of halogens is 2. The van der Waals surface area contributed by atoms with Gasteiger partial charge in [-0.3, -0.25) is 13.9 Å². The van der Waals surface area contributed by atoms with Crippen molar-refractivity contribution in [3.05, 3.63) is 62.0 Å². The van der Waals surface area contributed by atoms with Gasteiger partial charge in [-0.05, 0) is 36.6 Å². The maximum absolute atomic E-state index is 13.9. The number of piperidine rings is 1. The summed E-state index contributed by atoms with van der Waals surface area (Å²) in [5.41, 5.74) is 6.94. The van der Waals surface area contributed by atoms with Crippen molar-refractivity contribution in [2.75, 3.05) is 18.0 Å². The maximum atomic E-state index is 13.9. The van der Waals surface area contributed by atoms with Crippen LogP contribution in [-0.4, -0.2) is 32.8 Å². The molecule has 1 saturated heterocycles. The molecule has 1 fully saturated rings. The Kier molecular flexibility index (Phi) is 6.25. The Labute approximate surface area is 184 Å². The van der Waals surface area contributed by atoms with Crippen molar-refractivity contribution in [3.8, 4) is 6.07 Å². The predicted molar refractivity (Wildman–Crippen MR) is 119 cm³/mol. The number of nitrogens with zero attached hydrogens (tertiary/aromatic N) is 5. The molecule has 10 heteroatoms. The Hall–Kier alpha value is -3.09. The van der Waals surface area contributed by atoms with Crippen LogP contribution in [-0.2, 0) is 20.6 Å². The molecule has 0 bridgehead atoms. The molecular weight excluding hydrogens is 423 g/mol. The molecule has 31 heavy (non-hydrogen) atoms. The predicted octanol–water partition coefficient (Wildman–Crippen LogP) is 1.45. The fraction of sp³-hybridized carbons (Fsp3) is 0.381. The lowest BCUT2D eigenvalue weighted by Crippen LogP contribution is -2.43. The third-order valence-electron chi connectivity index (χ3n) is 5.80. The van der Waals surface area contributed by atoms with Crippen LogP contribution in [0.3, 0.4) is 0 Å². The Bertz CT molecular complexity index is 1300. The van der Waals surface area contributed by atoms with E-state index in [0.717, 1.165) is 29.8 Å². The number of nitrogens with two attached hydrogens (primary N) is 1. The fourth-order valence-electron chi connectivity index (χ4n) is 4.19. The molecule has 0 saturated carbocycles. The minimum Gasteiger partial charge on any atom is -0.356 e. The topological polar surface area (TPSA) is 102 Å². The molecule has 0 radical (unpaired) electrons. The van der Waals surface area contributed by atoms with Crippen molar-refractivity contribution in [2.24, 2.45) is 19.8 Å². The normalized spacial score (nSPS) is 16.2. The van der Waals surface area contributed by atoms with Crippen LogP contribution in [0.5, 0.6) is 0 Å². The van der Waals surface area contributed by atoms with Crippen LogP contribution in [0.15, 0.2) is 33.9 Å². The average Bonchev–Trinajstić information content (AvgIpc) is 3.10. The van der Waals surface area contributed by atoms with Gasteiger partial charge in [0, 0.05) is 39.3 Å². The van der Waals surface area contributed by atoms with Crippen LogP contribution in [0.2, 0.25) is 0 Å². The second-order valence-electron chi connectivity index (χ2n) is 7.79. The summed E-state index contributed by atoms with van der Waals surface area (Å²) >= 11 is 0. The summed E-state index contributed by atoms with van der Waals surface area (Å²) in [5, 5.41) is 9.46. The molecule has 4 rings (SSSR count). The van der Waals surface area contributed by atoms with E-state index < -0.39 is 17.1 Å². The van der Waals surface area contributed by atoms with E-state index in [2.05, 4.69) is 11.0 Å². The molecule has 0 amide bonds. The number of hydrogen-bond donors (Lipinski definition) is 1. The molecule has 3 heterocycles. The molecule has 1 aliphatic rings. The molecule has 2 aromatic heterocycles. The minimum absolute atomic E-state index is 0. The Morgan fingerprint density at radius 1 is 1.23 bits per heavy atom. The van der Waals surface area contributed by atoms with Gasteiger partial charge in [0.25, 0.3) is 5.56 Å². The summed E-state index contributed by atoms with van der Waals surface area (Å²) in [7, 11) is 3.05. The van der Waals surface area contributed by atoms with E-state index >= 15 is 0 Å². The fourth-order valence-corrected chi connectivity index (χ4v) is 4.19. The van der Waals surface area contributed by atoms with Gasteiger partial charge in [-0.1, -0.05) is 0 Å². The van der Waals surface area contributed by atoms with E-state index in [0.29, 0.717) is 28.7 Å². The highest BCUT2D eigenvalue weighted by Gasteiger charge is 2.25. The number of benzene rings is 1. The third kappa shape index (κ3) is 3.84. The zero-order chi connectivity index (χ0) is 21.6. The van der Waals surface area contributed by atoms with Gasteiger partial charge in [0.1, 0.15) is 17.2 Å². The van der Waals surface area contributed by atoms with Gasteiger partial charge in [-0.25, -0.2) is 9.18 Å². The van der Waals surface area contributed by atoms with Gasteiger partial charge >= 0.3 is 5.69 Å². The molecule has 8 nitrogen and oxygen atoms in total. The van der Waals surface area contributed by atoms with Gasteiger partial charge in [0.05, 0.1) is 23.7 Å². The zero-order valence-corrected chi connectivity index (χ0v) is 18.2. The second kappa shape index (κ2) is 8.57. The van der Waals surface area contributed by atoms with E-state index in [4.69, 9.17) is 5.73 Å². The summed E-state index contributed by atoms with van der Waals surface area (Å²) < 4.78 is 18.2. The van der Waals surface area contributed by atoms with E-state index in [1.54, 1.807) is 11.6 Å². The lowest BCUT2D eigenvalue weighted by Gasteiger charge is -2.33.